The largest absolute Gasteiger partial charge is 0.398 e. The van der Waals surface area contributed by atoms with Crippen molar-refractivity contribution in [1.82, 2.24) is 9.88 Å². The fourth-order valence-corrected chi connectivity index (χ4v) is 2.24. The van der Waals surface area contributed by atoms with Gasteiger partial charge in [0.2, 0.25) is 0 Å². The van der Waals surface area contributed by atoms with Gasteiger partial charge in [-0.05, 0) is 53.2 Å². The van der Waals surface area contributed by atoms with Gasteiger partial charge in [-0.3, -0.25) is 9.78 Å². The average Bonchev–Trinajstić information content (AvgIpc) is 2.48. The molecule has 1 aromatic carbocycles. The third-order valence-electron chi connectivity index (χ3n) is 3.00. The highest BCUT2D eigenvalue weighted by atomic mass is 79.9. The monoisotopic (exact) mass is 333 g/mol. The number of pyridine rings is 1. The number of aromatic nitrogens is 1. The summed E-state index contributed by atoms with van der Waals surface area (Å²) < 4.78 is 0.734. The highest BCUT2D eigenvalue weighted by Gasteiger charge is 2.15. The van der Waals surface area contributed by atoms with Gasteiger partial charge in [-0.25, -0.2) is 0 Å². The van der Waals surface area contributed by atoms with E-state index in [9.17, 15) is 4.79 Å². The minimum atomic E-state index is -0.0288. The Morgan fingerprint density at radius 1 is 1.35 bits per heavy atom. The Kier molecular flexibility index (Phi) is 4.74. The number of rotatable bonds is 4. The summed E-state index contributed by atoms with van der Waals surface area (Å²) in [4.78, 5) is 18.5. The van der Waals surface area contributed by atoms with Crippen molar-refractivity contribution >= 4 is 27.5 Å². The number of halogens is 1. The molecular formula is C15H16BrN3O. The van der Waals surface area contributed by atoms with Crippen LogP contribution in [-0.4, -0.2) is 22.3 Å². The van der Waals surface area contributed by atoms with Crippen LogP contribution in [0.1, 0.15) is 23.0 Å². The van der Waals surface area contributed by atoms with Crippen LogP contribution in [0, 0.1) is 0 Å². The third kappa shape index (κ3) is 3.36. The minimum absolute atomic E-state index is 0.0288. The van der Waals surface area contributed by atoms with Crippen molar-refractivity contribution in [3.05, 3.63) is 58.3 Å². The fraction of sp³-hybridized carbons (Fsp3) is 0.200. The van der Waals surface area contributed by atoms with Crippen molar-refractivity contribution in [3.63, 3.8) is 0 Å². The van der Waals surface area contributed by atoms with Crippen LogP contribution < -0.4 is 5.73 Å². The number of benzene rings is 1. The standard InChI is InChI=1S/C15H16BrN3O/c1-2-19(10-12-5-3-4-8-18-12)15(20)11-6-7-14(17)13(16)9-11/h3-9H,2,10,17H2,1H3. The van der Waals surface area contributed by atoms with E-state index in [0.29, 0.717) is 24.3 Å². The van der Waals surface area contributed by atoms with E-state index in [0.717, 1.165) is 10.2 Å². The lowest BCUT2D eigenvalue weighted by atomic mass is 10.1. The molecule has 0 saturated heterocycles. The maximum atomic E-state index is 12.5. The summed E-state index contributed by atoms with van der Waals surface area (Å²) in [6, 6.07) is 10.9. The lowest BCUT2D eigenvalue weighted by molar-refractivity contribution is 0.0750. The van der Waals surface area contributed by atoms with Crippen molar-refractivity contribution in [2.75, 3.05) is 12.3 Å². The number of amides is 1. The molecule has 5 heteroatoms. The number of nitrogens with two attached hydrogens (primary N) is 1. The third-order valence-corrected chi connectivity index (χ3v) is 3.68. The molecule has 0 aliphatic heterocycles. The van der Waals surface area contributed by atoms with E-state index in [1.54, 1.807) is 29.3 Å². The van der Waals surface area contributed by atoms with Crippen LogP contribution in [0.5, 0.6) is 0 Å². The summed E-state index contributed by atoms with van der Waals surface area (Å²) in [5.74, 6) is -0.0288. The number of carbonyl (C=O) groups is 1. The van der Waals surface area contributed by atoms with Crippen LogP contribution in [0.15, 0.2) is 47.1 Å². The second kappa shape index (κ2) is 6.52. The number of nitrogen functional groups attached to an aromatic ring is 1. The molecule has 0 spiro atoms. The predicted molar refractivity (Wildman–Crippen MR) is 83.2 cm³/mol. The van der Waals surface area contributed by atoms with Crippen LogP contribution in [0.2, 0.25) is 0 Å². The molecule has 0 aliphatic carbocycles. The quantitative estimate of drug-likeness (QED) is 0.874. The highest BCUT2D eigenvalue weighted by molar-refractivity contribution is 9.10. The van der Waals surface area contributed by atoms with E-state index in [1.165, 1.54) is 0 Å². The van der Waals surface area contributed by atoms with Gasteiger partial charge in [-0.2, -0.15) is 0 Å². The summed E-state index contributed by atoms with van der Waals surface area (Å²) in [6.07, 6.45) is 1.73. The first-order valence-electron chi connectivity index (χ1n) is 6.36. The Hall–Kier alpha value is -1.88. The molecule has 20 heavy (non-hydrogen) atoms. The topological polar surface area (TPSA) is 59.2 Å². The van der Waals surface area contributed by atoms with E-state index in [1.807, 2.05) is 25.1 Å². The van der Waals surface area contributed by atoms with E-state index in [2.05, 4.69) is 20.9 Å². The van der Waals surface area contributed by atoms with Gasteiger partial charge in [0.25, 0.3) is 5.91 Å². The zero-order chi connectivity index (χ0) is 14.5. The second-order valence-electron chi connectivity index (χ2n) is 4.38. The Morgan fingerprint density at radius 3 is 2.75 bits per heavy atom. The van der Waals surface area contributed by atoms with Gasteiger partial charge >= 0.3 is 0 Å². The van der Waals surface area contributed by atoms with Crippen LogP contribution in [0.4, 0.5) is 5.69 Å². The predicted octanol–water partition coefficient (Wildman–Crippen LogP) is 3.09. The van der Waals surface area contributed by atoms with Crippen molar-refractivity contribution in [1.29, 1.82) is 0 Å². The Morgan fingerprint density at radius 2 is 2.15 bits per heavy atom. The lowest BCUT2D eigenvalue weighted by Crippen LogP contribution is -2.30. The smallest absolute Gasteiger partial charge is 0.254 e. The highest BCUT2D eigenvalue weighted by Crippen LogP contribution is 2.21. The van der Waals surface area contributed by atoms with Crippen LogP contribution in [0.3, 0.4) is 0 Å². The molecule has 1 aromatic heterocycles. The van der Waals surface area contributed by atoms with Gasteiger partial charge in [0, 0.05) is 28.5 Å². The summed E-state index contributed by atoms with van der Waals surface area (Å²) >= 11 is 3.34. The normalized spacial score (nSPS) is 10.3. The zero-order valence-electron chi connectivity index (χ0n) is 11.2. The maximum Gasteiger partial charge on any atom is 0.254 e. The molecule has 4 nitrogen and oxygen atoms in total. The SMILES string of the molecule is CCN(Cc1ccccn1)C(=O)c1ccc(N)c(Br)c1. The first kappa shape index (κ1) is 14.5. The molecule has 0 bridgehead atoms. The van der Waals surface area contributed by atoms with E-state index in [-0.39, 0.29) is 5.91 Å². The van der Waals surface area contributed by atoms with Crippen molar-refractivity contribution in [2.24, 2.45) is 0 Å². The average molecular weight is 334 g/mol. The minimum Gasteiger partial charge on any atom is -0.398 e. The molecular weight excluding hydrogens is 318 g/mol. The van der Waals surface area contributed by atoms with E-state index in [4.69, 9.17) is 5.73 Å². The van der Waals surface area contributed by atoms with E-state index < -0.39 is 0 Å². The number of anilines is 1. The molecule has 0 fully saturated rings. The second-order valence-corrected chi connectivity index (χ2v) is 5.23. The summed E-state index contributed by atoms with van der Waals surface area (Å²) in [7, 11) is 0. The van der Waals surface area contributed by atoms with E-state index >= 15 is 0 Å². The molecule has 2 aromatic rings. The first-order valence-corrected chi connectivity index (χ1v) is 7.15. The molecule has 0 saturated carbocycles. The van der Waals surface area contributed by atoms with Crippen LogP contribution >= 0.6 is 15.9 Å². The van der Waals surface area contributed by atoms with Crippen molar-refractivity contribution in [2.45, 2.75) is 13.5 Å². The van der Waals surface area contributed by atoms with Crippen molar-refractivity contribution in [3.8, 4) is 0 Å². The zero-order valence-corrected chi connectivity index (χ0v) is 12.8. The molecule has 0 atom stereocenters. The molecule has 0 unspecified atom stereocenters. The van der Waals surface area contributed by atoms with Crippen molar-refractivity contribution < 1.29 is 4.79 Å². The fourth-order valence-electron chi connectivity index (χ4n) is 1.86. The summed E-state index contributed by atoms with van der Waals surface area (Å²) in [6.45, 7) is 3.07. The maximum absolute atomic E-state index is 12.5. The lowest BCUT2D eigenvalue weighted by Gasteiger charge is -2.20. The molecule has 2 N–H and O–H groups in total. The number of nitrogens with zero attached hydrogens (tertiary/aromatic N) is 2. The Labute approximate surface area is 126 Å². The number of hydrogen-bond donors (Lipinski definition) is 1. The molecule has 1 amide bonds. The number of carbonyl (C=O) groups excluding carboxylic acids is 1. The van der Waals surface area contributed by atoms with Gasteiger partial charge < -0.3 is 10.6 Å². The van der Waals surface area contributed by atoms with Gasteiger partial charge in [0.05, 0.1) is 12.2 Å². The van der Waals surface area contributed by atoms with Gasteiger partial charge in [0.1, 0.15) is 0 Å². The molecule has 0 aliphatic rings. The summed E-state index contributed by atoms with van der Waals surface area (Å²) in [5.41, 5.74) is 7.85. The first-order chi connectivity index (χ1) is 9.61. The summed E-state index contributed by atoms with van der Waals surface area (Å²) in [5, 5.41) is 0. The van der Waals surface area contributed by atoms with Gasteiger partial charge in [-0.15, -0.1) is 0 Å². The number of hydrogen-bond acceptors (Lipinski definition) is 3. The van der Waals surface area contributed by atoms with Crippen LogP contribution in [0.25, 0.3) is 0 Å². The Bertz CT molecular complexity index is 601. The molecule has 104 valence electrons. The molecule has 2 rings (SSSR count). The molecule has 0 radical (unpaired) electrons. The molecule has 1 heterocycles. The van der Waals surface area contributed by atoms with Crippen LogP contribution in [-0.2, 0) is 6.54 Å². The van der Waals surface area contributed by atoms with Gasteiger partial charge in [0.15, 0.2) is 0 Å². The van der Waals surface area contributed by atoms with Gasteiger partial charge in [-0.1, -0.05) is 6.07 Å². The Balaban J connectivity index is 2.18.